The van der Waals surface area contributed by atoms with Gasteiger partial charge < -0.3 is 14.4 Å². The molecule has 0 saturated carbocycles. The van der Waals surface area contributed by atoms with E-state index in [1.165, 1.54) is 11.6 Å². The Kier molecular flexibility index (Phi) is 8.22. The summed E-state index contributed by atoms with van der Waals surface area (Å²) in [6, 6.07) is 22.6. The van der Waals surface area contributed by atoms with Gasteiger partial charge in [-0.3, -0.25) is 9.59 Å². The number of ether oxygens (including phenoxy) is 2. The minimum Gasteiger partial charge on any atom is -0.490 e. The summed E-state index contributed by atoms with van der Waals surface area (Å²) in [7, 11) is 0. The highest BCUT2D eigenvalue weighted by atomic mass is 19.1. The Bertz CT molecular complexity index is 1510. The summed E-state index contributed by atoms with van der Waals surface area (Å²) >= 11 is 0. The van der Waals surface area contributed by atoms with Crippen LogP contribution in [0, 0.1) is 5.82 Å². The number of ketones is 2. The molecule has 0 fully saturated rings. The highest BCUT2D eigenvalue weighted by Crippen LogP contribution is 2.50. The van der Waals surface area contributed by atoms with Crippen LogP contribution >= 0.6 is 0 Å². The van der Waals surface area contributed by atoms with Crippen LogP contribution in [0.25, 0.3) is 0 Å². The zero-order valence-corrected chi connectivity index (χ0v) is 24.0. The molecule has 0 N–H and O–H groups in total. The van der Waals surface area contributed by atoms with Crippen LogP contribution in [0.4, 0.5) is 4.39 Å². The Labute approximate surface area is 246 Å². The van der Waals surface area contributed by atoms with Gasteiger partial charge in [-0.05, 0) is 68.4 Å². The molecule has 6 heteroatoms. The molecule has 0 bridgehead atoms. The van der Waals surface area contributed by atoms with Crippen LogP contribution in [0.2, 0.25) is 0 Å². The molecule has 0 atom stereocenters. The van der Waals surface area contributed by atoms with Crippen molar-refractivity contribution in [1.29, 1.82) is 0 Å². The maximum Gasteiger partial charge on any atom is 0.161 e. The third kappa shape index (κ3) is 5.50. The molecule has 0 aromatic heterocycles. The Morgan fingerprint density at radius 2 is 1.45 bits per heavy atom. The standard InChI is InChI=1S/C36H36FNO4/c1-2-41-33-22-25(18-19-32(33)42-23-26-12-6-7-13-27(26)37)34-35-28(14-8-16-30(35)39)38(21-20-24-10-4-3-5-11-24)29-15-9-17-31(40)36(29)34/h3-7,10-13,18-19,22,34H,2,8-9,14-17,20-21,23H2,1H3. The van der Waals surface area contributed by atoms with Crippen LogP contribution < -0.4 is 9.47 Å². The lowest BCUT2D eigenvalue weighted by atomic mass is 9.71. The molecule has 0 unspecified atom stereocenters. The first kappa shape index (κ1) is 28.0. The Hall–Kier alpha value is -4.19. The van der Waals surface area contributed by atoms with Gasteiger partial charge >= 0.3 is 0 Å². The number of nitrogens with zero attached hydrogens (tertiary/aromatic N) is 1. The minimum atomic E-state index is -0.427. The van der Waals surface area contributed by atoms with Gasteiger partial charge in [0.05, 0.1) is 6.61 Å². The van der Waals surface area contributed by atoms with E-state index < -0.39 is 5.92 Å². The highest BCUT2D eigenvalue weighted by molar-refractivity contribution is 6.06. The van der Waals surface area contributed by atoms with Crippen LogP contribution in [-0.4, -0.2) is 29.6 Å². The van der Waals surface area contributed by atoms with E-state index in [0.717, 1.165) is 66.8 Å². The lowest BCUT2D eigenvalue weighted by molar-refractivity contribution is -0.117. The minimum absolute atomic E-state index is 0.0630. The van der Waals surface area contributed by atoms with E-state index in [-0.39, 0.29) is 24.0 Å². The van der Waals surface area contributed by atoms with E-state index in [2.05, 4.69) is 17.0 Å². The van der Waals surface area contributed by atoms with Gasteiger partial charge in [-0.2, -0.15) is 0 Å². The first-order chi connectivity index (χ1) is 20.5. The molecular weight excluding hydrogens is 529 g/mol. The zero-order valence-electron chi connectivity index (χ0n) is 24.0. The van der Waals surface area contributed by atoms with Gasteiger partial charge in [0.2, 0.25) is 0 Å². The second-order valence-electron chi connectivity index (χ2n) is 11.1. The van der Waals surface area contributed by atoms with E-state index in [1.807, 2.05) is 43.3 Å². The number of benzene rings is 3. The Morgan fingerprint density at radius 3 is 2.12 bits per heavy atom. The van der Waals surface area contributed by atoms with Crippen molar-refractivity contribution >= 4 is 11.6 Å². The molecule has 0 amide bonds. The van der Waals surface area contributed by atoms with E-state index in [4.69, 9.17) is 9.47 Å². The molecule has 5 nitrogen and oxygen atoms in total. The van der Waals surface area contributed by atoms with Crippen molar-refractivity contribution in [3.63, 3.8) is 0 Å². The summed E-state index contributed by atoms with van der Waals surface area (Å²) in [6.07, 6.45) is 5.08. The zero-order chi connectivity index (χ0) is 29.1. The van der Waals surface area contributed by atoms with E-state index >= 15 is 0 Å². The number of hydrogen-bond donors (Lipinski definition) is 0. The summed E-state index contributed by atoms with van der Waals surface area (Å²) < 4.78 is 26.2. The van der Waals surface area contributed by atoms with Gasteiger partial charge in [0, 0.05) is 53.4 Å². The molecule has 1 heterocycles. The third-order valence-corrected chi connectivity index (χ3v) is 8.50. The normalized spacial score (nSPS) is 17.3. The third-order valence-electron chi connectivity index (χ3n) is 8.50. The SMILES string of the molecule is CCOc1cc(C2C3=C(CCCC3=O)N(CCc3ccccc3)C3=C2C(=O)CCC3)ccc1OCc1ccccc1F. The number of rotatable bonds is 9. The first-order valence-corrected chi connectivity index (χ1v) is 15.0. The quantitative estimate of drug-likeness (QED) is 0.270. The molecule has 0 saturated heterocycles. The molecule has 216 valence electrons. The largest absolute Gasteiger partial charge is 0.490 e. The number of allylic oxidation sites excluding steroid dienone is 4. The smallest absolute Gasteiger partial charge is 0.161 e. The summed E-state index contributed by atoms with van der Waals surface area (Å²) in [6.45, 7) is 3.11. The van der Waals surface area contributed by atoms with Crippen LogP contribution in [0.5, 0.6) is 11.5 Å². The van der Waals surface area contributed by atoms with Crippen molar-refractivity contribution in [3.8, 4) is 11.5 Å². The summed E-state index contributed by atoms with van der Waals surface area (Å²) in [5, 5.41) is 0. The van der Waals surface area contributed by atoms with Gasteiger partial charge in [-0.15, -0.1) is 0 Å². The fourth-order valence-electron chi connectivity index (χ4n) is 6.57. The van der Waals surface area contributed by atoms with Crippen LogP contribution in [0.1, 0.15) is 68.1 Å². The molecule has 0 spiro atoms. The lowest BCUT2D eigenvalue weighted by Crippen LogP contribution is -2.39. The summed E-state index contributed by atoms with van der Waals surface area (Å²) in [5.74, 6) is 0.508. The van der Waals surface area contributed by atoms with Gasteiger partial charge in [0.15, 0.2) is 23.1 Å². The van der Waals surface area contributed by atoms with Crippen LogP contribution in [0.3, 0.4) is 0 Å². The topological polar surface area (TPSA) is 55.8 Å². The van der Waals surface area contributed by atoms with Gasteiger partial charge in [-0.25, -0.2) is 4.39 Å². The van der Waals surface area contributed by atoms with Crippen molar-refractivity contribution in [2.45, 2.75) is 64.4 Å². The predicted molar refractivity (Wildman–Crippen MR) is 160 cm³/mol. The molecule has 3 aromatic carbocycles. The molecule has 1 aliphatic heterocycles. The molecule has 3 aliphatic rings. The Morgan fingerprint density at radius 1 is 0.786 bits per heavy atom. The first-order valence-electron chi connectivity index (χ1n) is 15.0. The maximum absolute atomic E-state index is 14.2. The summed E-state index contributed by atoms with van der Waals surface area (Å²) in [4.78, 5) is 29.6. The molecule has 42 heavy (non-hydrogen) atoms. The number of Topliss-reactive ketones (excluding diaryl/α,β-unsaturated/α-hetero) is 2. The van der Waals surface area contributed by atoms with Crippen molar-refractivity contribution < 1.29 is 23.5 Å². The highest BCUT2D eigenvalue weighted by Gasteiger charge is 2.43. The fraction of sp³-hybridized carbons (Fsp3) is 0.333. The van der Waals surface area contributed by atoms with Crippen molar-refractivity contribution in [3.05, 3.63) is 118 Å². The predicted octanol–water partition coefficient (Wildman–Crippen LogP) is 7.46. The van der Waals surface area contributed by atoms with Crippen molar-refractivity contribution in [1.82, 2.24) is 4.90 Å². The molecular formula is C36H36FNO4. The van der Waals surface area contributed by atoms with E-state index in [0.29, 0.717) is 36.5 Å². The maximum atomic E-state index is 14.2. The number of carbonyl (C=O) groups is 2. The van der Waals surface area contributed by atoms with Crippen molar-refractivity contribution in [2.75, 3.05) is 13.2 Å². The number of halogens is 1. The monoisotopic (exact) mass is 565 g/mol. The van der Waals surface area contributed by atoms with E-state index in [9.17, 15) is 14.0 Å². The molecule has 2 aliphatic carbocycles. The van der Waals surface area contributed by atoms with Gasteiger partial charge in [-0.1, -0.05) is 54.6 Å². The Balaban J connectivity index is 1.39. The molecule has 6 rings (SSSR count). The second kappa shape index (κ2) is 12.4. The lowest BCUT2D eigenvalue weighted by Gasteiger charge is -2.44. The average molecular weight is 566 g/mol. The van der Waals surface area contributed by atoms with Gasteiger partial charge in [0.25, 0.3) is 0 Å². The van der Waals surface area contributed by atoms with Crippen LogP contribution in [0.15, 0.2) is 95.3 Å². The number of carbonyl (C=O) groups excluding carboxylic acids is 2. The fourth-order valence-corrected chi connectivity index (χ4v) is 6.57. The second-order valence-corrected chi connectivity index (χ2v) is 11.1. The average Bonchev–Trinajstić information content (AvgIpc) is 3.00. The van der Waals surface area contributed by atoms with Gasteiger partial charge in [0.1, 0.15) is 12.4 Å². The van der Waals surface area contributed by atoms with Crippen molar-refractivity contribution in [2.24, 2.45) is 0 Å². The van der Waals surface area contributed by atoms with E-state index in [1.54, 1.807) is 18.2 Å². The molecule has 3 aromatic rings. The van der Waals surface area contributed by atoms with Crippen LogP contribution in [-0.2, 0) is 22.6 Å². The number of hydrogen-bond acceptors (Lipinski definition) is 5. The molecule has 0 radical (unpaired) electrons. The summed E-state index contributed by atoms with van der Waals surface area (Å²) in [5.41, 5.74) is 6.19.